The number of rotatable bonds is 0. The number of nitrogens with zero attached hydrogens (tertiary/aromatic N) is 3. The zero-order valence-corrected chi connectivity index (χ0v) is 8.42. The maximum absolute atomic E-state index is 4.46. The predicted molar refractivity (Wildman–Crippen MR) is 51.9 cm³/mol. The second-order valence-electron chi connectivity index (χ2n) is 3.45. The highest BCUT2D eigenvalue weighted by Crippen LogP contribution is 2.14. The lowest BCUT2D eigenvalue weighted by Crippen LogP contribution is -1.99. The first-order valence-corrected chi connectivity index (χ1v) is 4.39. The molecule has 0 aliphatic carbocycles. The zero-order valence-electron chi connectivity index (χ0n) is 8.42. The first-order valence-electron chi connectivity index (χ1n) is 4.39. The molecule has 0 spiro atoms. The van der Waals surface area contributed by atoms with E-state index in [1.54, 1.807) is 0 Å². The summed E-state index contributed by atoms with van der Waals surface area (Å²) in [5.41, 5.74) is 4.30. The number of hydrogen-bond acceptors (Lipinski definition) is 2. The van der Waals surface area contributed by atoms with Gasteiger partial charge in [0, 0.05) is 17.5 Å². The van der Waals surface area contributed by atoms with Crippen molar-refractivity contribution in [2.75, 3.05) is 0 Å². The SMILES string of the molecule is Cc1cn2c(C)nc(C)c(C)c2n1. The van der Waals surface area contributed by atoms with E-state index in [-0.39, 0.29) is 0 Å². The molecule has 0 aromatic carbocycles. The topological polar surface area (TPSA) is 30.2 Å². The average molecular weight is 175 g/mol. The van der Waals surface area contributed by atoms with Gasteiger partial charge in [-0.2, -0.15) is 0 Å². The lowest BCUT2D eigenvalue weighted by molar-refractivity contribution is 0.943. The van der Waals surface area contributed by atoms with Crippen LogP contribution < -0.4 is 0 Å². The van der Waals surface area contributed by atoms with Gasteiger partial charge < -0.3 is 0 Å². The van der Waals surface area contributed by atoms with Gasteiger partial charge in [0.1, 0.15) is 11.5 Å². The lowest BCUT2D eigenvalue weighted by atomic mass is 10.2. The fourth-order valence-electron chi connectivity index (χ4n) is 1.55. The minimum Gasteiger partial charge on any atom is -0.288 e. The first kappa shape index (κ1) is 8.23. The Bertz CT molecular complexity index is 468. The third-order valence-corrected chi connectivity index (χ3v) is 2.38. The van der Waals surface area contributed by atoms with Crippen LogP contribution in [0.25, 0.3) is 5.65 Å². The highest BCUT2D eigenvalue weighted by Gasteiger charge is 2.06. The van der Waals surface area contributed by atoms with Gasteiger partial charge in [-0.3, -0.25) is 4.40 Å². The molecule has 3 nitrogen and oxygen atoms in total. The summed E-state index contributed by atoms with van der Waals surface area (Å²) in [4.78, 5) is 8.89. The summed E-state index contributed by atoms with van der Waals surface area (Å²) in [5.74, 6) is 0.999. The molecule has 0 aliphatic rings. The summed E-state index contributed by atoms with van der Waals surface area (Å²) in [6.07, 6.45) is 2.02. The molecule has 2 rings (SSSR count). The minimum atomic E-state index is 0.999. The molecule has 0 saturated heterocycles. The van der Waals surface area contributed by atoms with Crippen molar-refractivity contribution in [3.8, 4) is 0 Å². The van der Waals surface area contributed by atoms with E-state index in [2.05, 4.69) is 16.9 Å². The Morgan fingerprint density at radius 3 is 2.46 bits per heavy atom. The van der Waals surface area contributed by atoms with Crippen molar-refractivity contribution in [1.82, 2.24) is 14.4 Å². The largest absolute Gasteiger partial charge is 0.288 e. The molecule has 0 atom stereocenters. The fourth-order valence-corrected chi connectivity index (χ4v) is 1.55. The Hall–Kier alpha value is -1.38. The summed E-state index contributed by atoms with van der Waals surface area (Å²) in [5, 5.41) is 0. The summed E-state index contributed by atoms with van der Waals surface area (Å²) in [7, 11) is 0. The van der Waals surface area contributed by atoms with E-state index in [9.17, 15) is 0 Å². The molecule has 13 heavy (non-hydrogen) atoms. The molecule has 0 bridgehead atoms. The molecular formula is C10H13N3. The number of imidazole rings is 1. The highest BCUT2D eigenvalue weighted by atomic mass is 15.1. The summed E-state index contributed by atoms with van der Waals surface area (Å²) < 4.78 is 2.04. The molecule has 0 radical (unpaired) electrons. The minimum absolute atomic E-state index is 0.999. The summed E-state index contributed by atoms with van der Waals surface area (Å²) in [6, 6.07) is 0. The maximum Gasteiger partial charge on any atom is 0.143 e. The molecular weight excluding hydrogens is 162 g/mol. The van der Waals surface area contributed by atoms with Crippen LogP contribution in [0.4, 0.5) is 0 Å². The van der Waals surface area contributed by atoms with Gasteiger partial charge in [-0.1, -0.05) is 0 Å². The maximum atomic E-state index is 4.46. The third kappa shape index (κ3) is 1.11. The summed E-state index contributed by atoms with van der Waals surface area (Å²) in [6.45, 7) is 8.08. The molecule has 2 aromatic heterocycles. The molecule has 3 heteroatoms. The van der Waals surface area contributed by atoms with Crippen molar-refractivity contribution in [3.63, 3.8) is 0 Å². The Kier molecular flexibility index (Phi) is 1.62. The van der Waals surface area contributed by atoms with Gasteiger partial charge in [0.15, 0.2) is 0 Å². The van der Waals surface area contributed by atoms with Gasteiger partial charge >= 0.3 is 0 Å². The average Bonchev–Trinajstić information content (AvgIpc) is 2.44. The van der Waals surface area contributed by atoms with Crippen molar-refractivity contribution >= 4 is 5.65 Å². The van der Waals surface area contributed by atoms with Crippen LogP contribution in [0.15, 0.2) is 6.20 Å². The monoisotopic (exact) mass is 175 g/mol. The van der Waals surface area contributed by atoms with Gasteiger partial charge in [-0.05, 0) is 27.7 Å². The van der Waals surface area contributed by atoms with Crippen molar-refractivity contribution in [2.45, 2.75) is 27.7 Å². The van der Waals surface area contributed by atoms with E-state index in [4.69, 9.17) is 0 Å². The van der Waals surface area contributed by atoms with E-state index in [1.807, 2.05) is 31.4 Å². The van der Waals surface area contributed by atoms with Crippen molar-refractivity contribution < 1.29 is 0 Å². The number of aryl methyl sites for hydroxylation is 4. The van der Waals surface area contributed by atoms with Crippen LogP contribution in [0.5, 0.6) is 0 Å². The number of hydrogen-bond donors (Lipinski definition) is 0. The van der Waals surface area contributed by atoms with E-state index < -0.39 is 0 Å². The van der Waals surface area contributed by atoms with Crippen LogP contribution in [-0.2, 0) is 0 Å². The van der Waals surface area contributed by atoms with E-state index in [0.29, 0.717) is 0 Å². The molecule has 0 N–H and O–H groups in total. The van der Waals surface area contributed by atoms with Crippen LogP contribution in [0.2, 0.25) is 0 Å². The van der Waals surface area contributed by atoms with Crippen LogP contribution in [0.3, 0.4) is 0 Å². The second kappa shape index (κ2) is 2.55. The van der Waals surface area contributed by atoms with Gasteiger partial charge in [-0.15, -0.1) is 0 Å². The Labute approximate surface area is 77.4 Å². The van der Waals surface area contributed by atoms with E-state index in [0.717, 1.165) is 22.9 Å². The van der Waals surface area contributed by atoms with Crippen molar-refractivity contribution in [1.29, 1.82) is 0 Å². The molecule has 68 valence electrons. The van der Waals surface area contributed by atoms with Gasteiger partial charge in [0.25, 0.3) is 0 Å². The van der Waals surface area contributed by atoms with Gasteiger partial charge in [0.05, 0.1) is 5.69 Å². The fraction of sp³-hybridized carbons (Fsp3) is 0.400. The quantitative estimate of drug-likeness (QED) is 0.612. The molecule has 0 saturated carbocycles. The van der Waals surface area contributed by atoms with Crippen molar-refractivity contribution in [2.24, 2.45) is 0 Å². The molecule has 2 aromatic rings. The number of aromatic nitrogens is 3. The highest BCUT2D eigenvalue weighted by molar-refractivity contribution is 5.50. The second-order valence-corrected chi connectivity index (χ2v) is 3.45. The zero-order chi connectivity index (χ0) is 9.59. The lowest BCUT2D eigenvalue weighted by Gasteiger charge is -2.04. The first-order chi connectivity index (χ1) is 6.09. The van der Waals surface area contributed by atoms with Crippen molar-refractivity contribution in [3.05, 3.63) is 29.0 Å². The normalized spacial score (nSPS) is 11.1. The van der Waals surface area contributed by atoms with Gasteiger partial charge in [-0.25, -0.2) is 9.97 Å². The predicted octanol–water partition coefficient (Wildman–Crippen LogP) is 1.96. The summed E-state index contributed by atoms with van der Waals surface area (Å²) >= 11 is 0. The van der Waals surface area contributed by atoms with Crippen LogP contribution >= 0.6 is 0 Å². The third-order valence-electron chi connectivity index (χ3n) is 2.38. The van der Waals surface area contributed by atoms with Crippen LogP contribution in [0.1, 0.15) is 22.8 Å². The van der Waals surface area contributed by atoms with Crippen LogP contribution in [-0.4, -0.2) is 14.4 Å². The molecule has 0 amide bonds. The smallest absolute Gasteiger partial charge is 0.143 e. The van der Waals surface area contributed by atoms with Crippen LogP contribution in [0, 0.1) is 27.7 Å². The Morgan fingerprint density at radius 1 is 1.08 bits per heavy atom. The van der Waals surface area contributed by atoms with E-state index in [1.165, 1.54) is 5.56 Å². The van der Waals surface area contributed by atoms with E-state index >= 15 is 0 Å². The standard InChI is InChI=1S/C10H13N3/c1-6-5-13-9(4)12-8(3)7(2)10(13)11-6/h5H,1-4H3. The Balaban J connectivity index is 2.95. The van der Waals surface area contributed by atoms with Gasteiger partial charge in [0.2, 0.25) is 0 Å². The molecule has 0 aliphatic heterocycles. The Morgan fingerprint density at radius 2 is 1.77 bits per heavy atom. The molecule has 0 fully saturated rings. The molecule has 2 heterocycles. The molecule has 0 unspecified atom stereocenters. The number of fused-ring (bicyclic) bond motifs is 1.